The lowest BCUT2D eigenvalue weighted by atomic mass is 10.1. The van der Waals surface area contributed by atoms with Crippen LogP contribution in [0.5, 0.6) is 0 Å². The van der Waals surface area contributed by atoms with Crippen LogP contribution in [0.25, 0.3) is 0 Å². The zero-order valence-corrected chi connectivity index (χ0v) is 8.74. The Hall–Kier alpha value is -0.900. The molecule has 0 saturated carbocycles. The molecule has 2 heterocycles. The number of nitrogens with zero attached hydrogens (tertiary/aromatic N) is 3. The lowest BCUT2D eigenvalue weighted by Gasteiger charge is -2.09. The third-order valence-electron chi connectivity index (χ3n) is 2.79. The fourth-order valence-corrected chi connectivity index (χ4v) is 2.07. The van der Waals surface area contributed by atoms with Crippen molar-refractivity contribution in [2.45, 2.75) is 51.6 Å². The molecule has 0 bridgehead atoms. The smallest absolute Gasteiger partial charge is 0.134 e. The Bertz CT molecular complexity index is 305. The monoisotopic (exact) mass is 194 g/mol. The highest BCUT2D eigenvalue weighted by atomic mass is 15.3. The van der Waals surface area contributed by atoms with E-state index < -0.39 is 0 Å². The van der Waals surface area contributed by atoms with Crippen LogP contribution in [0.3, 0.4) is 0 Å². The lowest BCUT2D eigenvalue weighted by Crippen LogP contribution is -2.24. The normalized spacial score (nSPS) is 17.0. The number of aryl methyl sites for hydroxylation is 1. The molecule has 1 aromatic rings. The Kier molecular flexibility index (Phi) is 2.82. The topological polar surface area (TPSA) is 56.7 Å². The van der Waals surface area contributed by atoms with E-state index in [1.807, 2.05) is 0 Å². The molecule has 2 rings (SSSR count). The summed E-state index contributed by atoms with van der Waals surface area (Å²) in [4.78, 5) is 0. The molecule has 4 heteroatoms. The molecule has 2 N–H and O–H groups in total. The maximum absolute atomic E-state index is 5.99. The second kappa shape index (κ2) is 4.09. The van der Waals surface area contributed by atoms with Crippen molar-refractivity contribution >= 4 is 0 Å². The molecule has 0 aliphatic carbocycles. The molecule has 1 atom stereocenters. The quantitative estimate of drug-likeness (QED) is 0.774. The second-order valence-electron chi connectivity index (χ2n) is 4.04. The summed E-state index contributed by atoms with van der Waals surface area (Å²) in [7, 11) is 0. The molecule has 0 aromatic carbocycles. The molecule has 1 aliphatic rings. The van der Waals surface area contributed by atoms with Crippen LogP contribution in [0.2, 0.25) is 0 Å². The van der Waals surface area contributed by atoms with Crippen molar-refractivity contribution in [2.75, 3.05) is 0 Å². The van der Waals surface area contributed by atoms with Gasteiger partial charge in [0.05, 0.1) is 0 Å². The van der Waals surface area contributed by atoms with Crippen molar-refractivity contribution in [3.8, 4) is 0 Å². The average molecular weight is 194 g/mol. The highest BCUT2D eigenvalue weighted by Crippen LogP contribution is 2.15. The first-order valence-corrected chi connectivity index (χ1v) is 5.47. The zero-order chi connectivity index (χ0) is 9.97. The standard InChI is InChI=1S/C10H18N4/c1-2-4-8(11)7-10-13-12-9-5-3-6-14(9)10/h8H,2-7,11H2,1H3. The summed E-state index contributed by atoms with van der Waals surface area (Å²) in [5, 5.41) is 8.36. The van der Waals surface area contributed by atoms with Gasteiger partial charge in [0.15, 0.2) is 0 Å². The zero-order valence-electron chi connectivity index (χ0n) is 8.74. The first-order chi connectivity index (χ1) is 6.81. The molecular formula is C10H18N4. The van der Waals surface area contributed by atoms with E-state index in [-0.39, 0.29) is 6.04 Å². The molecule has 0 saturated heterocycles. The Morgan fingerprint density at radius 1 is 1.50 bits per heavy atom. The minimum absolute atomic E-state index is 0.244. The van der Waals surface area contributed by atoms with Crippen molar-refractivity contribution in [3.63, 3.8) is 0 Å². The molecule has 4 nitrogen and oxygen atoms in total. The van der Waals surface area contributed by atoms with Crippen LogP contribution in [-0.4, -0.2) is 20.8 Å². The van der Waals surface area contributed by atoms with Crippen molar-refractivity contribution in [1.82, 2.24) is 14.8 Å². The minimum atomic E-state index is 0.244. The molecule has 0 amide bonds. The van der Waals surface area contributed by atoms with E-state index in [9.17, 15) is 0 Å². The SMILES string of the molecule is CCCC(N)Cc1nnc2n1CCC2. The van der Waals surface area contributed by atoms with E-state index in [0.29, 0.717) is 0 Å². The number of rotatable bonds is 4. The van der Waals surface area contributed by atoms with Gasteiger partial charge >= 0.3 is 0 Å². The first-order valence-electron chi connectivity index (χ1n) is 5.47. The van der Waals surface area contributed by atoms with Crippen LogP contribution >= 0.6 is 0 Å². The lowest BCUT2D eigenvalue weighted by molar-refractivity contribution is 0.561. The van der Waals surface area contributed by atoms with E-state index in [1.54, 1.807) is 0 Å². The van der Waals surface area contributed by atoms with E-state index >= 15 is 0 Å². The fraction of sp³-hybridized carbons (Fsp3) is 0.800. The predicted octanol–water partition coefficient (Wildman–Crippen LogP) is 0.894. The molecule has 1 unspecified atom stereocenters. The van der Waals surface area contributed by atoms with Crippen LogP contribution in [-0.2, 0) is 19.4 Å². The van der Waals surface area contributed by atoms with Crippen molar-refractivity contribution < 1.29 is 0 Å². The molecule has 1 aromatic heterocycles. The Balaban J connectivity index is 2.02. The highest BCUT2D eigenvalue weighted by Gasteiger charge is 2.18. The van der Waals surface area contributed by atoms with Gasteiger partial charge in [0.25, 0.3) is 0 Å². The summed E-state index contributed by atoms with van der Waals surface area (Å²) in [5.41, 5.74) is 5.99. The maximum atomic E-state index is 5.99. The fourth-order valence-electron chi connectivity index (χ4n) is 2.07. The van der Waals surface area contributed by atoms with Gasteiger partial charge in [-0.3, -0.25) is 0 Å². The van der Waals surface area contributed by atoms with Crippen LogP contribution < -0.4 is 5.73 Å². The molecule has 0 fully saturated rings. The van der Waals surface area contributed by atoms with Crippen molar-refractivity contribution in [3.05, 3.63) is 11.6 Å². The van der Waals surface area contributed by atoms with Crippen molar-refractivity contribution in [2.24, 2.45) is 5.73 Å². The van der Waals surface area contributed by atoms with Gasteiger partial charge in [0.1, 0.15) is 11.6 Å². The van der Waals surface area contributed by atoms with Gasteiger partial charge in [0, 0.05) is 25.4 Å². The van der Waals surface area contributed by atoms with Gasteiger partial charge in [-0.2, -0.15) is 0 Å². The number of hydrogen-bond acceptors (Lipinski definition) is 3. The second-order valence-corrected chi connectivity index (χ2v) is 4.04. The average Bonchev–Trinajstić information content (AvgIpc) is 2.70. The first kappa shape index (κ1) is 9.65. The van der Waals surface area contributed by atoms with E-state index in [2.05, 4.69) is 21.7 Å². The van der Waals surface area contributed by atoms with E-state index in [0.717, 1.165) is 43.9 Å². The molecular weight excluding hydrogens is 176 g/mol. The largest absolute Gasteiger partial charge is 0.327 e. The molecule has 0 spiro atoms. The van der Waals surface area contributed by atoms with Gasteiger partial charge in [-0.15, -0.1) is 10.2 Å². The van der Waals surface area contributed by atoms with Gasteiger partial charge in [0.2, 0.25) is 0 Å². The summed E-state index contributed by atoms with van der Waals surface area (Å²) >= 11 is 0. The van der Waals surface area contributed by atoms with E-state index in [1.165, 1.54) is 6.42 Å². The number of hydrogen-bond donors (Lipinski definition) is 1. The van der Waals surface area contributed by atoms with Gasteiger partial charge in [-0.1, -0.05) is 13.3 Å². The molecule has 14 heavy (non-hydrogen) atoms. The predicted molar refractivity (Wildman–Crippen MR) is 54.9 cm³/mol. The van der Waals surface area contributed by atoms with Gasteiger partial charge in [-0.05, 0) is 12.8 Å². The van der Waals surface area contributed by atoms with Crippen LogP contribution in [0.15, 0.2) is 0 Å². The summed E-state index contributed by atoms with van der Waals surface area (Å²) in [6.07, 6.45) is 5.38. The number of aromatic nitrogens is 3. The summed E-state index contributed by atoms with van der Waals surface area (Å²) in [6.45, 7) is 3.24. The van der Waals surface area contributed by atoms with Crippen LogP contribution in [0.4, 0.5) is 0 Å². The molecule has 0 radical (unpaired) electrons. The Labute approximate surface area is 84.5 Å². The highest BCUT2D eigenvalue weighted by molar-refractivity contribution is 5.01. The third kappa shape index (κ3) is 1.80. The molecule has 78 valence electrons. The van der Waals surface area contributed by atoms with E-state index in [4.69, 9.17) is 5.73 Å². The summed E-state index contributed by atoms with van der Waals surface area (Å²) in [5.74, 6) is 2.22. The van der Waals surface area contributed by atoms with Crippen LogP contribution in [0.1, 0.15) is 37.8 Å². The third-order valence-corrected chi connectivity index (χ3v) is 2.79. The van der Waals surface area contributed by atoms with Gasteiger partial charge < -0.3 is 10.3 Å². The van der Waals surface area contributed by atoms with Crippen LogP contribution in [0, 0.1) is 0 Å². The summed E-state index contributed by atoms with van der Waals surface area (Å²) < 4.78 is 2.23. The Morgan fingerprint density at radius 2 is 2.36 bits per heavy atom. The minimum Gasteiger partial charge on any atom is -0.327 e. The van der Waals surface area contributed by atoms with Crippen molar-refractivity contribution in [1.29, 1.82) is 0 Å². The number of fused-ring (bicyclic) bond motifs is 1. The Morgan fingerprint density at radius 3 is 3.14 bits per heavy atom. The summed E-state index contributed by atoms with van der Waals surface area (Å²) in [6, 6.07) is 0.244. The maximum Gasteiger partial charge on any atom is 0.134 e. The molecule has 1 aliphatic heterocycles. The van der Waals surface area contributed by atoms with Gasteiger partial charge in [-0.25, -0.2) is 0 Å². The number of nitrogens with two attached hydrogens (primary N) is 1.